The topological polar surface area (TPSA) is 52.0 Å². The predicted octanol–water partition coefficient (Wildman–Crippen LogP) is 2.21. The fraction of sp³-hybridized carbons (Fsp3) is 0.500. The molecule has 5 nitrogen and oxygen atoms in total. The average Bonchev–Trinajstić information content (AvgIpc) is 2.66. The highest BCUT2D eigenvalue weighted by atomic mass is 35.5. The lowest BCUT2D eigenvalue weighted by Crippen LogP contribution is -2.28. The molecule has 0 atom stereocenters. The molecule has 96 valence electrons. The number of rotatable bonds is 2. The second-order valence-corrected chi connectivity index (χ2v) is 4.89. The largest absolute Gasteiger partial charge is 0.381 e. The normalized spacial score (nSPS) is 17.2. The highest BCUT2D eigenvalue weighted by Crippen LogP contribution is 2.24. The van der Waals surface area contributed by atoms with Crippen LogP contribution in [0.1, 0.15) is 12.8 Å². The lowest BCUT2D eigenvalue weighted by atomic mass is 10.1. The Morgan fingerprint density at radius 2 is 2.22 bits per heavy atom. The number of hydrogen-bond acceptors (Lipinski definition) is 4. The van der Waals surface area contributed by atoms with E-state index in [0.717, 1.165) is 42.8 Å². The summed E-state index contributed by atoms with van der Waals surface area (Å²) in [6, 6.07) is 2.43. The molecule has 0 bridgehead atoms. The predicted molar refractivity (Wildman–Crippen MR) is 71.0 cm³/mol. The third kappa shape index (κ3) is 2.15. The van der Waals surface area contributed by atoms with Gasteiger partial charge in [0.1, 0.15) is 5.82 Å². The maximum absolute atomic E-state index is 6.01. The van der Waals surface area contributed by atoms with E-state index >= 15 is 0 Å². The SMILES string of the molecule is Cn1nc(Cl)c2cnc(NC3CCOCC3)cc21. The van der Waals surface area contributed by atoms with Gasteiger partial charge in [-0.15, -0.1) is 0 Å². The first kappa shape index (κ1) is 11.7. The molecule has 1 fully saturated rings. The van der Waals surface area contributed by atoms with Crippen LogP contribution in [0.25, 0.3) is 10.9 Å². The van der Waals surface area contributed by atoms with Crippen LogP contribution in [0, 0.1) is 0 Å². The molecular weight excluding hydrogens is 252 g/mol. The summed E-state index contributed by atoms with van der Waals surface area (Å²) >= 11 is 6.01. The molecule has 0 amide bonds. The van der Waals surface area contributed by atoms with Crippen molar-refractivity contribution in [1.29, 1.82) is 0 Å². The number of pyridine rings is 1. The Bertz CT molecular complexity index is 562. The fourth-order valence-electron chi connectivity index (χ4n) is 2.24. The number of fused-ring (bicyclic) bond motifs is 1. The number of nitrogens with zero attached hydrogens (tertiary/aromatic N) is 3. The van der Waals surface area contributed by atoms with E-state index < -0.39 is 0 Å². The number of aryl methyl sites for hydroxylation is 1. The van der Waals surface area contributed by atoms with Crippen LogP contribution < -0.4 is 5.32 Å². The number of anilines is 1. The molecule has 3 heterocycles. The first-order valence-corrected chi connectivity index (χ1v) is 6.44. The minimum Gasteiger partial charge on any atom is -0.381 e. The Morgan fingerprint density at radius 1 is 1.44 bits per heavy atom. The lowest BCUT2D eigenvalue weighted by molar-refractivity contribution is 0.0904. The number of aromatic nitrogens is 3. The maximum Gasteiger partial charge on any atom is 0.160 e. The first-order valence-electron chi connectivity index (χ1n) is 6.06. The van der Waals surface area contributed by atoms with Gasteiger partial charge in [0.05, 0.1) is 10.9 Å². The smallest absolute Gasteiger partial charge is 0.160 e. The summed E-state index contributed by atoms with van der Waals surface area (Å²) in [6.07, 6.45) is 3.81. The Balaban J connectivity index is 1.86. The van der Waals surface area contributed by atoms with Crippen molar-refractivity contribution in [3.8, 4) is 0 Å². The zero-order valence-electron chi connectivity index (χ0n) is 10.2. The zero-order valence-corrected chi connectivity index (χ0v) is 10.9. The van der Waals surface area contributed by atoms with Crippen molar-refractivity contribution in [2.45, 2.75) is 18.9 Å². The van der Waals surface area contributed by atoms with Crippen LogP contribution >= 0.6 is 11.6 Å². The van der Waals surface area contributed by atoms with Crippen molar-refractivity contribution in [3.63, 3.8) is 0 Å². The van der Waals surface area contributed by atoms with Crippen molar-refractivity contribution in [1.82, 2.24) is 14.8 Å². The quantitative estimate of drug-likeness (QED) is 0.906. The molecular formula is C12H15ClN4O. The summed E-state index contributed by atoms with van der Waals surface area (Å²) < 4.78 is 7.11. The summed E-state index contributed by atoms with van der Waals surface area (Å²) in [7, 11) is 1.88. The first-order chi connectivity index (χ1) is 8.74. The second kappa shape index (κ2) is 4.74. The Kier molecular flexibility index (Phi) is 3.09. The van der Waals surface area contributed by atoms with Gasteiger partial charge in [0.2, 0.25) is 0 Å². The monoisotopic (exact) mass is 266 g/mol. The van der Waals surface area contributed by atoms with Crippen molar-refractivity contribution in [2.24, 2.45) is 7.05 Å². The van der Waals surface area contributed by atoms with Crippen LogP contribution in [0.3, 0.4) is 0 Å². The third-order valence-electron chi connectivity index (χ3n) is 3.26. The standard InChI is InChI=1S/C12H15ClN4O/c1-17-10-6-11(14-7-9(10)12(13)16-17)15-8-2-4-18-5-3-8/h6-8H,2-5H2,1H3,(H,14,15). The number of halogens is 1. The molecule has 2 aromatic rings. The molecule has 0 spiro atoms. The molecule has 0 unspecified atom stereocenters. The Hall–Kier alpha value is -1.33. The average molecular weight is 267 g/mol. The van der Waals surface area contributed by atoms with Gasteiger partial charge in [0, 0.05) is 38.6 Å². The van der Waals surface area contributed by atoms with Gasteiger partial charge >= 0.3 is 0 Å². The lowest BCUT2D eigenvalue weighted by Gasteiger charge is -2.23. The van der Waals surface area contributed by atoms with Crippen molar-refractivity contribution < 1.29 is 4.74 Å². The molecule has 2 aromatic heterocycles. The minimum absolute atomic E-state index is 0.437. The molecule has 0 radical (unpaired) electrons. The van der Waals surface area contributed by atoms with Crippen LogP contribution in [0.5, 0.6) is 0 Å². The molecule has 1 aliphatic heterocycles. The Labute approximate surface area is 110 Å². The van der Waals surface area contributed by atoms with Crippen molar-refractivity contribution in [3.05, 3.63) is 17.4 Å². The summed E-state index contributed by atoms with van der Waals surface area (Å²) in [5.41, 5.74) is 0.990. The maximum atomic E-state index is 6.01. The van der Waals surface area contributed by atoms with Gasteiger partial charge in [-0.05, 0) is 12.8 Å². The van der Waals surface area contributed by atoms with Crippen LogP contribution in [-0.4, -0.2) is 34.0 Å². The van der Waals surface area contributed by atoms with E-state index in [9.17, 15) is 0 Å². The van der Waals surface area contributed by atoms with E-state index in [0.29, 0.717) is 11.2 Å². The molecule has 1 saturated heterocycles. The molecule has 6 heteroatoms. The van der Waals surface area contributed by atoms with E-state index in [-0.39, 0.29) is 0 Å². The number of ether oxygens (including phenoxy) is 1. The van der Waals surface area contributed by atoms with Crippen LogP contribution in [0.2, 0.25) is 5.15 Å². The molecule has 18 heavy (non-hydrogen) atoms. The number of hydrogen-bond donors (Lipinski definition) is 1. The van der Waals surface area contributed by atoms with E-state index in [1.54, 1.807) is 10.9 Å². The highest BCUT2D eigenvalue weighted by Gasteiger charge is 2.15. The van der Waals surface area contributed by atoms with Crippen molar-refractivity contribution in [2.75, 3.05) is 18.5 Å². The summed E-state index contributed by atoms with van der Waals surface area (Å²) in [4.78, 5) is 4.39. The van der Waals surface area contributed by atoms with Crippen molar-refractivity contribution >= 4 is 28.3 Å². The third-order valence-corrected chi connectivity index (χ3v) is 3.54. The van der Waals surface area contributed by atoms with E-state index in [4.69, 9.17) is 16.3 Å². The Morgan fingerprint density at radius 3 is 3.00 bits per heavy atom. The molecule has 1 N–H and O–H groups in total. The van der Waals surface area contributed by atoms with E-state index in [1.165, 1.54) is 0 Å². The number of nitrogens with one attached hydrogen (secondary N) is 1. The summed E-state index contributed by atoms with van der Waals surface area (Å²) in [6.45, 7) is 1.63. The van der Waals surface area contributed by atoms with Gasteiger partial charge in [0.15, 0.2) is 5.15 Å². The molecule has 3 rings (SSSR count). The minimum atomic E-state index is 0.437. The molecule has 0 saturated carbocycles. The molecule has 1 aliphatic rings. The van der Waals surface area contributed by atoms with Crippen LogP contribution in [0.15, 0.2) is 12.3 Å². The van der Waals surface area contributed by atoms with E-state index in [1.807, 2.05) is 13.1 Å². The van der Waals surface area contributed by atoms with Gasteiger partial charge < -0.3 is 10.1 Å². The molecule has 0 aromatic carbocycles. The second-order valence-electron chi connectivity index (χ2n) is 4.53. The summed E-state index contributed by atoms with van der Waals surface area (Å²) in [5.74, 6) is 0.870. The zero-order chi connectivity index (χ0) is 12.5. The van der Waals surface area contributed by atoms with Crippen LogP contribution in [0.4, 0.5) is 5.82 Å². The van der Waals surface area contributed by atoms with Gasteiger partial charge in [-0.1, -0.05) is 11.6 Å². The van der Waals surface area contributed by atoms with Gasteiger partial charge in [0.25, 0.3) is 0 Å². The molecule has 0 aliphatic carbocycles. The summed E-state index contributed by atoms with van der Waals surface area (Å²) in [5, 5.41) is 8.99. The van der Waals surface area contributed by atoms with Gasteiger partial charge in [-0.3, -0.25) is 4.68 Å². The van der Waals surface area contributed by atoms with Gasteiger partial charge in [-0.2, -0.15) is 5.10 Å². The fourth-order valence-corrected chi connectivity index (χ4v) is 2.50. The highest BCUT2D eigenvalue weighted by molar-refractivity contribution is 6.34. The van der Waals surface area contributed by atoms with Gasteiger partial charge in [-0.25, -0.2) is 4.98 Å². The van der Waals surface area contributed by atoms with Crippen LogP contribution in [-0.2, 0) is 11.8 Å². The van der Waals surface area contributed by atoms with E-state index in [2.05, 4.69) is 15.4 Å².